The standard InChI is InChI=1S/C15H17NO3/c1-8-5-6-11-13(15(17)18)12(7-19-4)10(3)16-14(11)9(8)2/h5-6H,7H2,1-4H3,(H,17,18). The number of hydrogen-bond donors (Lipinski definition) is 1. The molecule has 2 rings (SSSR count). The topological polar surface area (TPSA) is 59.4 Å². The summed E-state index contributed by atoms with van der Waals surface area (Å²) in [6.45, 7) is 6.03. The van der Waals surface area contributed by atoms with Gasteiger partial charge in [0.15, 0.2) is 0 Å². The first-order chi connectivity index (χ1) is 8.97. The van der Waals surface area contributed by atoms with E-state index in [9.17, 15) is 9.90 Å². The van der Waals surface area contributed by atoms with Crippen molar-refractivity contribution in [3.8, 4) is 0 Å². The maximum absolute atomic E-state index is 11.6. The minimum atomic E-state index is -0.939. The third-order valence-corrected chi connectivity index (χ3v) is 3.49. The van der Waals surface area contributed by atoms with Crippen molar-refractivity contribution in [3.05, 3.63) is 40.1 Å². The van der Waals surface area contributed by atoms with Crippen LogP contribution < -0.4 is 0 Å². The summed E-state index contributed by atoms with van der Waals surface area (Å²) in [4.78, 5) is 16.1. The zero-order valence-corrected chi connectivity index (χ0v) is 11.6. The van der Waals surface area contributed by atoms with E-state index in [0.717, 1.165) is 16.6 Å². The van der Waals surface area contributed by atoms with Crippen LogP contribution in [-0.4, -0.2) is 23.2 Å². The second kappa shape index (κ2) is 4.97. The number of aromatic carboxylic acids is 1. The number of methoxy groups -OCH3 is 1. The highest BCUT2D eigenvalue weighted by atomic mass is 16.5. The lowest BCUT2D eigenvalue weighted by Crippen LogP contribution is -2.09. The molecule has 0 aliphatic carbocycles. The van der Waals surface area contributed by atoms with E-state index >= 15 is 0 Å². The van der Waals surface area contributed by atoms with Gasteiger partial charge >= 0.3 is 5.97 Å². The second-order valence-corrected chi connectivity index (χ2v) is 4.69. The molecule has 4 nitrogen and oxygen atoms in total. The number of aryl methyl sites for hydroxylation is 3. The fraction of sp³-hybridized carbons (Fsp3) is 0.333. The van der Waals surface area contributed by atoms with Gasteiger partial charge in [0.05, 0.1) is 17.7 Å². The minimum absolute atomic E-state index is 0.253. The molecule has 2 aromatic rings. The number of carbonyl (C=O) groups is 1. The fourth-order valence-electron chi connectivity index (χ4n) is 2.29. The lowest BCUT2D eigenvalue weighted by molar-refractivity contribution is 0.0694. The molecule has 0 aliphatic rings. The number of carboxylic acid groups (broad SMARTS) is 1. The van der Waals surface area contributed by atoms with Crippen LogP contribution in [0.25, 0.3) is 10.9 Å². The normalized spacial score (nSPS) is 10.9. The highest BCUT2D eigenvalue weighted by Crippen LogP contribution is 2.27. The molecule has 1 aromatic carbocycles. The molecule has 0 saturated carbocycles. The maximum Gasteiger partial charge on any atom is 0.336 e. The first-order valence-corrected chi connectivity index (χ1v) is 6.09. The van der Waals surface area contributed by atoms with Gasteiger partial charge in [0.25, 0.3) is 0 Å². The van der Waals surface area contributed by atoms with Crippen molar-refractivity contribution in [1.29, 1.82) is 0 Å². The molecule has 0 amide bonds. The molecule has 1 N–H and O–H groups in total. The third-order valence-electron chi connectivity index (χ3n) is 3.49. The summed E-state index contributed by atoms with van der Waals surface area (Å²) in [5.74, 6) is -0.939. The monoisotopic (exact) mass is 259 g/mol. The highest BCUT2D eigenvalue weighted by molar-refractivity contribution is 6.05. The number of aromatic nitrogens is 1. The zero-order valence-electron chi connectivity index (χ0n) is 11.6. The summed E-state index contributed by atoms with van der Waals surface area (Å²) in [6.07, 6.45) is 0. The molecule has 4 heteroatoms. The van der Waals surface area contributed by atoms with Crippen molar-refractivity contribution in [1.82, 2.24) is 4.98 Å². The lowest BCUT2D eigenvalue weighted by atomic mass is 9.97. The SMILES string of the molecule is COCc1c(C)nc2c(C)c(C)ccc2c1C(=O)O. The Hall–Kier alpha value is -1.94. The number of carboxylic acids is 1. The second-order valence-electron chi connectivity index (χ2n) is 4.69. The van der Waals surface area contributed by atoms with E-state index in [1.165, 1.54) is 0 Å². The van der Waals surface area contributed by atoms with Crippen LogP contribution in [0.15, 0.2) is 12.1 Å². The number of rotatable bonds is 3. The molecule has 100 valence electrons. The number of fused-ring (bicyclic) bond motifs is 1. The first-order valence-electron chi connectivity index (χ1n) is 6.09. The Bertz CT molecular complexity index is 662. The smallest absolute Gasteiger partial charge is 0.336 e. The van der Waals surface area contributed by atoms with E-state index in [1.54, 1.807) is 7.11 Å². The third kappa shape index (κ3) is 2.19. The average Bonchev–Trinajstić information content (AvgIpc) is 2.35. The van der Waals surface area contributed by atoms with E-state index in [1.807, 2.05) is 32.9 Å². The van der Waals surface area contributed by atoms with Crippen LogP contribution in [0.4, 0.5) is 0 Å². The molecule has 0 aliphatic heterocycles. The zero-order chi connectivity index (χ0) is 14.2. The fourth-order valence-corrected chi connectivity index (χ4v) is 2.29. The molecule has 0 bridgehead atoms. The molecule has 0 radical (unpaired) electrons. The van der Waals surface area contributed by atoms with Gasteiger partial charge in [-0.25, -0.2) is 4.79 Å². The Morgan fingerprint density at radius 3 is 2.58 bits per heavy atom. The number of hydrogen-bond acceptors (Lipinski definition) is 3. The molecule has 0 fully saturated rings. The number of nitrogens with zero attached hydrogens (tertiary/aromatic N) is 1. The van der Waals surface area contributed by atoms with Gasteiger partial charge in [-0.05, 0) is 31.9 Å². The van der Waals surface area contributed by atoms with E-state index < -0.39 is 5.97 Å². The molecule has 1 heterocycles. The molecule has 0 spiro atoms. The molecule has 0 unspecified atom stereocenters. The van der Waals surface area contributed by atoms with Gasteiger partial charge in [0.2, 0.25) is 0 Å². The summed E-state index contributed by atoms with van der Waals surface area (Å²) < 4.78 is 5.10. The number of benzene rings is 1. The van der Waals surface area contributed by atoms with Crippen LogP contribution >= 0.6 is 0 Å². The largest absolute Gasteiger partial charge is 0.478 e. The Balaban J connectivity index is 2.92. The van der Waals surface area contributed by atoms with E-state index in [-0.39, 0.29) is 6.61 Å². The van der Waals surface area contributed by atoms with Crippen LogP contribution in [0.1, 0.15) is 32.7 Å². The number of ether oxygens (including phenoxy) is 1. The van der Waals surface area contributed by atoms with Crippen LogP contribution in [0.3, 0.4) is 0 Å². The van der Waals surface area contributed by atoms with Crippen molar-refractivity contribution in [2.45, 2.75) is 27.4 Å². The lowest BCUT2D eigenvalue weighted by Gasteiger charge is -2.14. The van der Waals surface area contributed by atoms with Crippen molar-refractivity contribution < 1.29 is 14.6 Å². The molecular weight excluding hydrogens is 242 g/mol. The summed E-state index contributed by atoms with van der Waals surface area (Å²) in [7, 11) is 1.55. The Labute approximate surface area is 112 Å². The summed E-state index contributed by atoms with van der Waals surface area (Å²) in [5.41, 5.74) is 4.54. The Morgan fingerprint density at radius 2 is 2.00 bits per heavy atom. The van der Waals surface area contributed by atoms with E-state index in [4.69, 9.17) is 4.74 Å². The summed E-state index contributed by atoms with van der Waals surface area (Å²) >= 11 is 0. The molecule has 19 heavy (non-hydrogen) atoms. The van der Waals surface area contributed by atoms with E-state index in [2.05, 4.69) is 4.98 Å². The molecule has 0 atom stereocenters. The number of pyridine rings is 1. The van der Waals surface area contributed by atoms with Gasteiger partial charge in [0, 0.05) is 23.8 Å². The van der Waals surface area contributed by atoms with E-state index in [0.29, 0.717) is 22.2 Å². The van der Waals surface area contributed by atoms with Crippen LogP contribution in [-0.2, 0) is 11.3 Å². The Kier molecular flexibility index (Phi) is 3.53. The van der Waals surface area contributed by atoms with Gasteiger partial charge in [-0.2, -0.15) is 0 Å². The van der Waals surface area contributed by atoms with Gasteiger partial charge in [0.1, 0.15) is 0 Å². The van der Waals surface area contributed by atoms with Gasteiger partial charge in [-0.3, -0.25) is 4.98 Å². The summed E-state index contributed by atoms with van der Waals surface area (Å²) in [6, 6.07) is 3.75. The van der Waals surface area contributed by atoms with Crippen molar-refractivity contribution in [2.75, 3.05) is 7.11 Å². The van der Waals surface area contributed by atoms with Gasteiger partial charge < -0.3 is 9.84 Å². The minimum Gasteiger partial charge on any atom is -0.478 e. The van der Waals surface area contributed by atoms with Gasteiger partial charge in [-0.1, -0.05) is 12.1 Å². The van der Waals surface area contributed by atoms with Gasteiger partial charge in [-0.15, -0.1) is 0 Å². The quantitative estimate of drug-likeness (QED) is 0.920. The Morgan fingerprint density at radius 1 is 1.32 bits per heavy atom. The predicted molar refractivity (Wildman–Crippen MR) is 73.6 cm³/mol. The molecular formula is C15H17NO3. The van der Waals surface area contributed by atoms with Crippen LogP contribution in [0.5, 0.6) is 0 Å². The van der Waals surface area contributed by atoms with Crippen LogP contribution in [0, 0.1) is 20.8 Å². The van der Waals surface area contributed by atoms with Crippen molar-refractivity contribution in [2.24, 2.45) is 0 Å². The maximum atomic E-state index is 11.6. The highest BCUT2D eigenvalue weighted by Gasteiger charge is 2.19. The first kappa shape index (κ1) is 13.5. The molecule has 0 saturated heterocycles. The predicted octanol–water partition coefficient (Wildman–Crippen LogP) is 3.00. The molecule has 1 aromatic heterocycles. The van der Waals surface area contributed by atoms with Crippen molar-refractivity contribution in [3.63, 3.8) is 0 Å². The average molecular weight is 259 g/mol. The summed E-state index contributed by atoms with van der Waals surface area (Å²) in [5, 5.41) is 10.2. The van der Waals surface area contributed by atoms with Crippen molar-refractivity contribution >= 4 is 16.9 Å². The van der Waals surface area contributed by atoms with Crippen LogP contribution in [0.2, 0.25) is 0 Å².